The van der Waals surface area contributed by atoms with Crippen LogP contribution in [0.1, 0.15) is 52.6 Å². The van der Waals surface area contributed by atoms with Crippen molar-refractivity contribution >= 4 is 35.0 Å². The van der Waals surface area contributed by atoms with Gasteiger partial charge in [0.2, 0.25) is 0 Å². The predicted octanol–water partition coefficient (Wildman–Crippen LogP) is 6.99. The Morgan fingerprint density at radius 2 is 0.690 bits per heavy atom. The Morgan fingerprint density at radius 1 is 0.405 bits per heavy atom. The lowest BCUT2D eigenvalue weighted by molar-refractivity contribution is -0.139. The second-order valence-corrected chi connectivity index (χ2v) is 9.44. The first-order valence-electron chi connectivity index (χ1n) is 12.2. The third-order valence-electron chi connectivity index (χ3n) is 7.01. The fourth-order valence-corrected chi connectivity index (χ4v) is 5.13. The molecule has 6 rings (SSSR count). The van der Waals surface area contributed by atoms with Crippen LogP contribution in [0.4, 0.5) is 37.7 Å². The molecule has 0 aliphatic carbocycles. The molecule has 42 heavy (non-hydrogen) atoms. The first-order chi connectivity index (χ1) is 19.8. The SMILES string of the molecule is O=C1c2ccccc2C(=O)N1c1ccc(-c2ccc(N3C(=O)c4ccccc4C3=O)cc2C(F)(F)F)c(C(F)(F)F)c1. The topological polar surface area (TPSA) is 74.8 Å². The van der Waals surface area contributed by atoms with Crippen molar-refractivity contribution < 1.29 is 45.5 Å². The van der Waals surface area contributed by atoms with E-state index >= 15 is 0 Å². The van der Waals surface area contributed by atoms with Gasteiger partial charge in [-0.3, -0.25) is 19.2 Å². The summed E-state index contributed by atoms with van der Waals surface area (Å²) in [4.78, 5) is 52.3. The Kier molecular flexibility index (Phi) is 5.85. The van der Waals surface area contributed by atoms with Crippen molar-refractivity contribution in [1.82, 2.24) is 0 Å². The van der Waals surface area contributed by atoms with Crippen molar-refractivity contribution in [2.75, 3.05) is 9.80 Å². The summed E-state index contributed by atoms with van der Waals surface area (Å²) in [5, 5.41) is 0. The third-order valence-corrected chi connectivity index (χ3v) is 7.01. The van der Waals surface area contributed by atoms with Crippen LogP contribution in [-0.4, -0.2) is 23.6 Å². The molecule has 0 aromatic heterocycles. The molecule has 0 bridgehead atoms. The molecule has 2 heterocycles. The number of hydrogen-bond acceptors (Lipinski definition) is 4. The number of nitrogens with zero attached hydrogens (tertiary/aromatic N) is 2. The highest BCUT2D eigenvalue weighted by Crippen LogP contribution is 2.46. The van der Waals surface area contributed by atoms with Crippen molar-refractivity contribution in [2.24, 2.45) is 0 Å². The Morgan fingerprint density at radius 3 is 0.952 bits per heavy atom. The molecule has 12 heteroatoms. The van der Waals surface area contributed by atoms with Gasteiger partial charge < -0.3 is 0 Å². The molecule has 0 atom stereocenters. The van der Waals surface area contributed by atoms with Crippen LogP contribution in [0.5, 0.6) is 0 Å². The lowest BCUT2D eigenvalue weighted by Crippen LogP contribution is -2.30. The van der Waals surface area contributed by atoms with E-state index in [1.807, 2.05) is 0 Å². The third kappa shape index (κ3) is 4.06. The number of carbonyl (C=O) groups excluding carboxylic acids is 4. The number of alkyl halides is 6. The Bertz CT molecular complexity index is 1660. The van der Waals surface area contributed by atoms with E-state index in [1.165, 1.54) is 48.5 Å². The molecule has 0 N–H and O–H groups in total. The summed E-state index contributed by atoms with van der Waals surface area (Å²) >= 11 is 0. The van der Waals surface area contributed by atoms with Gasteiger partial charge in [-0.15, -0.1) is 0 Å². The van der Waals surface area contributed by atoms with Crippen LogP contribution in [0.15, 0.2) is 84.9 Å². The Labute approximate surface area is 232 Å². The van der Waals surface area contributed by atoms with E-state index in [2.05, 4.69) is 0 Å². The van der Waals surface area contributed by atoms with Gasteiger partial charge >= 0.3 is 12.4 Å². The van der Waals surface area contributed by atoms with E-state index in [0.29, 0.717) is 21.9 Å². The summed E-state index contributed by atoms with van der Waals surface area (Å²) in [5.41, 5.74) is -5.89. The molecule has 0 spiro atoms. The van der Waals surface area contributed by atoms with Crippen LogP contribution in [0, 0.1) is 0 Å². The number of hydrogen-bond donors (Lipinski definition) is 0. The summed E-state index contributed by atoms with van der Waals surface area (Å²) in [5.74, 6) is -3.51. The number of rotatable bonds is 3. The molecule has 6 nitrogen and oxygen atoms in total. The predicted molar refractivity (Wildman–Crippen MR) is 137 cm³/mol. The average Bonchev–Trinajstić information content (AvgIpc) is 3.36. The van der Waals surface area contributed by atoms with E-state index in [9.17, 15) is 45.5 Å². The lowest BCUT2D eigenvalue weighted by Gasteiger charge is -2.22. The molecule has 4 aromatic rings. The minimum atomic E-state index is -5.20. The molecular formula is C30H14F6N2O4. The van der Waals surface area contributed by atoms with Gasteiger partial charge in [0.25, 0.3) is 23.6 Å². The molecule has 0 saturated carbocycles. The maximum atomic E-state index is 14.3. The molecular weight excluding hydrogens is 566 g/mol. The van der Waals surface area contributed by atoms with E-state index in [1.54, 1.807) is 0 Å². The molecule has 210 valence electrons. The summed E-state index contributed by atoms with van der Waals surface area (Å²) in [6, 6.07) is 15.5. The zero-order valence-corrected chi connectivity index (χ0v) is 20.9. The van der Waals surface area contributed by atoms with Gasteiger partial charge in [0, 0.05) is 0 Å². The van der Waals surface area contributed by atoms with Gasteiger partial charge in [-0.1, -0.05) is 36.4 Å². The van der Waals surface area contributed by atoms with Crippen molar-refractivity contribution in [2.45, 2.75) is 12.4 Å². The summed E-state index contributed by atoms with van der Waals surface area (Å²) in [6.45, 7) is 0. The monoisotopic (exact) mass is 580 g/mol. The van der Waals surface area contributed by atoms with Crippen LogP contribution < -0.4 is 9.80 Å². The van der Waals surface area contributed by atoms with Crippen molar-refractivity contribution in [3.63, 3.8) is 0 Å². The molecule has 2 aliphatic rings. The largest absolute Gasteiger partial charge is 0.417 e. The second kappa shape index (κ2) is 9.13. The van der Waals surface area contributed by atoms with E-state index in [4.69, 9.17) is 0 Å². The number of carbonyl (C=O) groups is 4. The zero-order chi connectivity index (χ0) is 30.1. The highest BCUT2D eigenvalue weighted by atomic mass is 19.4. The minimum absolute atomic E-state index is 0.0248. The van der Waals surface area contributed by atoms with Gasteiger partial charge in [0.15, 0.2) is 0 Å². The molecule has 0 fully saturated rings. The summed E-state index contributed by atoms with van der Waals surface area (Å²) in [7, 11) is 0. The number of anilines is 2. The normalized spacial score (nSPS) is 15.0. The molecule has 0 unspecified atom stereocenters. The Balaban J connectivity index is 1.47. The molecule has 4 amide bonds. The zero-order valence-electron chi connectivity index (χ0n) is 20.9. The van der Waals surface area contributed by atoms with Crippen LogP contribution in [-0.2, 0) is 12.4 Å². The van der Waals surface area contributed by atoms with E-state index in [-0.39, 0.29) is 22.3 Å². The lowest BCUT2D eigenvalue weighted by atomic mass is 9.93. The van der Waals surface area contributed by atoms with Gasteiger partial charge in [-0.25, -0.2) is 9.80 Å². The van der Waals surface area contributed by atoms with Crippen molar-refractivity contribution in [3.05, 3.63) is 118 Å². The van der Waals surface area contributed by atoms with Gasteiger partial charge in [-0.2, -0.15) is 26.3 Å². The molecule has 0 saturated heterocycles. The van der Waals surface area contributed by atoms with Gasteiger partial charge in [-0.05, 0) is 59.7 Å². The smallest absolute Gasteiger partial charge is 0.268 e. The maximum Gasteiger partial charge on any atom is 0.417 e. The van der Waals surface area contributed by atoms with E-state index in [0.717, 1.165) is 24.3 Å². The second-order valence-electron chi connectivity index (χ2n) is 9.44. The van der Waals surface area contributed by atoms with Crippen molar-refractivity contribution in [3.8, 4) is 11.1 Å². The number of benzene rings is 4. The number of imide groups is 2. The summed E-state index contributed by atoms with van der Waals surface area (Å²) in [6.07, 6.45) is -10.4. The van der Waals surface area contributed by atoms with Crippen LogP contribution in [0.3, 0.4) is 0 Å². The Hall–Kier alpha value is -5.26. The standard InChI is InChI=1S/C30H14F6N2O4/c31-29(32,33)23-13-15(37-25(39)19-5-1-2-6-20(19)26(37)40)9-11-17(23)18-12-10-16(14-24(18)30(34,35)36)38-27(41)21-7-3-4-8-22(21)28(38)42/h1-14H. The first kappa shape index (κ1) is 26.9. The van der Waals surface area contributed by atoms with Crippen LogP contribution in [0.2, 0.25) is 0 Å². The average molecular weight is 580 g/mol. The number of halogens is 6. The fourth-order valence-electron chi connectivity index (χ4n) is 5.13. The number of amides is 4. The fraction of sp³-hybridized carbons (Fsp3) is 0.0667. The first-order valence-corrected chi connectivity index (χ1v) is 12.2. The molecule has 4 aromatic carbocycles. The highest BCUT2D eigenvalue weighted by Gasteiger charge is 2.43. The van der Waals surface area contributed by atoms with E-state index < -0.39 is 69.6 Å². The highest BCUT2D eigenvalue weighted by molar-refractivity contribution is 6.35. The molecule has 2 aliphatic heterocycles. The molecule has 0 radical (unpaired) electrons. The summed E-state index contributed by atoms with van der Waals surface area (Å²) < 4.78 is 85.8. The minimum Gasteiger partial charge on any atom is -0.268 e. The van der Waals surface area contributed by atoms with Gasteiger partial charge in [0.05, 0.1) is 44.8 Å². The quantitative estimate of drug-likeness (QED) is 0.193. The number of fused-ring (bicyclic) bond motifs is 2. The van der Waals surface area contributed by atoms with Crippen molar-refractivity contribution in [1.29, 1.82) is 0 Å². The van der Waals surface area contributed by atoms with Gasteiger partial charge in [0.1, 0.15) is 0 Å². The van der Waals surface area contributed by atoms with Crippen LogP contribution in [0.25, 0.3) is 11.1 Å². The van der Waals surface area contributed by atoms with Crippen LogP contribution >= 0.6 is 0 Å². The maximum absolute atomic E-state index is 14.3.